The van der Waals surface area contributed by atoms with Crippen LogP contribution in [0.1, 0.15) is 50.2 Å². The summed E-state index contributed by atoms with van der Waals surface area (Å²) >= 11 is 0. The van der Waals surface area contributed by atoms with E-state index in [0.717, 1.165) is 16.5 Å². The van der Waals surface area contributed by atoms with Crippen LogP contribution in [0.2, 0.25) is 0 Å². The molecule has 0 spiro atoms. The van der Waals surface area contributed by atoms with Gasteiger partial charge in [-0.05, 0) is 41.7 Å². The Labute approximate surface area is 184 Å². The Morgan fingerprint density at radius 2 is 1.75 bits per heavy atom. The lowest BCUT2D eigenvalue weighted by molar-refractivity contribution is -0.137. The van der Waals surface area contributed by atoms with Gasteiger partial charge in [-0.15, -0.1) is 0 Å². The lowest BCUT2D eigenvalue weighted by Crippen LogP contribution is -2.44. The van der Waals surface area contributed by atoms with Crippen molar-refractivity contribution in [2.45, 2.75) is 45.2 Å². The molecule has 4 rings (SSSR count). The van der Waals surface area contributed by atoms with Crippen molar-refractivity contribution in [2.24, 2.45) is 5.41 Å². The topological polar surface area (TPSA) is 46.6 Å². The van der Waals surface area contributed by atoms with Gasteiger partial charge in [-0.2, -0.15) is 13.2 Å². The smallest absolute Gasteiger partial charge is 0.418 e. The zero-order chi connectivity index (χ0) is 23.3. The van der Waals surface area contributed by atoms with E-state index in [1.54, 1.807) is 18.2 Å². The molecule has 0 saturated carbocycles. The van der Waals surface area contributed by atoms with Crippen molar-refractivity contribution in [1.29, 1.82) is 0 Å². The number of nitrogens with zero attached hydrogens (tertiary/aromatic N) is 1. The van der Waals surface area contributed by atoms with E-state index in [0.29, 0.717) is 23.4 Å². The molecule has 7 heteroatoms. The molecular weight excluding hydrogens is 419 g/mol. The maximum Gasteiger partial charge on any atom is 0.418 e. The number of allylic oxidation sites excluding steroid dienone is 2. The van der Waals surface area contributed by atoms with Crippen LogP contribution in [-0.4, -0.2) is 18.8 Å². The quantitative estimate of drug-likeness (QED) is 0.595. The molecule has 1 amide bonds. The number of carbonyl (C=O) groups is 2. The summed E-state index contributed by atoms with van der Waals surface area (Å²) in [5, 5.41) is 0. The second-order valence-corrected chi connectivity index (χ2v) is 9.08. The fourth-order valence-electron chi connectivity index (χ4n) is 4.75. The number of anilines is 1. The van der Waals surface area contributed by atoms with E-state index in [2.05, 4.69) is 0 Å². The molecule has 4 nitrogen and oxygen atoms in total. The molecule has 0 fully saturated rings. The molecule has 1 atom stereocenters. The van der Waals surface area contributed by atoms with Crippen LogP contribution in [0.5, 0.6) is 5.75 Å². The summed E-state index contributed by atoms with van der Waals surface area (Å²) in [6, 6.07) is 12.2. The second-order valence-electron chi connectivity index (χ2n) is 9.08. The fraction of sp³-hybridized carbons (Fsp3) is 0.360. The van der Waals surface area contributed by atoms with Gasteiger partial charge in [0.2, 0.25) is 5.91 Å². The molecule has 1 aliphatic heterocycles. The van der Waals surface area contributed by atoms with Gasteiger partial charge in [0.05, 0.1) is 18.4 Å². The van der Waals surface area contributed by atoms with Crippen LogP contribution < -0.4 is 9.64 Å². The van der Waals surface area contributed by atoms with Crippen molar-refractivity contribution in [3.8, 4) is 5.75 Å². The summed E-state index contributed by atoms with van der Waals surface area (Å²) in [5.74, 6) is -0.527. The average Bonchev–Trinajstić information content (AvgIpc) is 2.71. The van der Waals surface area contributed by atoms with Crippen molar-refractivity contribution >= 4 is 17.4 Å². The number of rotatable bonds is 3. The van der Waals surface area contributed by atoms with E-state index in [1.165, 1.54) is 25.3 Å². The van der Waals surface area contributed by atoms with Crippen molar-refractivity contribution in [3.05, 3.63) is 70.9 Å². The fourth-order valence-corrected chi connectivity index (χ4v) is 4.75. The number of benzene rings is 2. The molecular formula is C25H24F3NO3. The van der Waals surface area contributed by atoms with Crippen LogP contribution in [0.15, 0.2) is 59.8 Å². The number of halogens is 3. The first-order valence-corrected chi connectivity index (χ1v) is 10.4. The molecule has 0 N–H and O–H groups in total. The molecule has 0 bridgehead atoms. The van der Waals surface area contributed by atoms with E-state index >= 15 is 0 Å². The highest BCUT2D eigenvalue weighted by molar-refractivity contribution is 6.08. The van der Waals surface area contributed by atoms with Gasteiger partial charge in [0.1, 0.15) is 5.75 Å². The highest BCUT2D eigenvalue weighted by atomic mass is 19.4. The number of ketones is 1. The Morgan fingerprint density at radius 3 is 2.44 bits per heavy atom. The molecule has 1 aliphatic carbocycles. The molecule has 0 aromatic heterocycles. The van der Waals surface area contributed by atoms with E-state index in [9.17, 15) is 22.8 Å². The summed E-state index contributed by atoms with van der Waals surface area (Å²) in [7, 11) is 1.53. The van der Waals surface area contributed by atoms with E-state index in [-0.39, 0.29) is 24.3 Å². The van der Waals surface area contributed by atoms with Crippen LogP contribution in [0.3, 0.4) is 0 Å². The Morgan fingerprint density at radius 1 is 1.03 bits per heavy atom. The van der Waals surface area contributed by atoms with Gasteiger partial charge in [0, 0.05) is 30.0 Å². The number of Topliss-reactive ketones (excluding diaryl/α,β-unsaturated/α-hetero) is 1. The third kappa shape index (κ3) is 3.92. The maximum atomic E-state index is 13.8. The number of amides is 1. The molecule has 1 unspecified atom stereocenters. The molecule has 0 saturated heterocycles. The van der Waals surface area contributed by atoms with Gasteiger partial charge >= 0.3 is 6.18 Å². The normalized spacial score (nSPS) is 20.9. The van der Waals surface area contributed by atoms with Gasteiger partial charge in [-0.25, -0.2) is 0 Å². The standard InChI is InChI=1S/C25H24F3NO3/c1-24(2)13-20-23(21(30)14-24)17(15-7-6-8-16(11-15)32-3)12-22(31)29(20)19-10-5-4-9-18(19)25(26,27)28/h4-11,17H,12-14H2,1-3H3. The number of para-hydroxylation sites is 1. The average molecular weight is 443 g/mol. The summed E-state index contributed by atoms with van der Waals surface area (Å²) in [4.78, 5) is 27.8. The highest BCUT2D eigenvalue weighted by Gasteiger charge is 2.46. The molecule has 168 valence electrons. The van der Waals surface area contributed by atoms with Crippen LogP contribution in [0.4, 0.5) is 18.9 Å². The molecule has 2 aromatic rings. The van der Waals surface area contributed by atoms with Gasteiger partial charge in [-0.3, -0.25) is 14.5 Å². The van der Waals surface area contributed by atoms with Crippen molar-refractivity contribution in [1.82, 2.24) is 0 Å². The molecule has 0 radical (unpaired) electrons. The summed E-state index contributed by atoms with van der Waals surface area (Å²) in [6.45, 7) is 3.78. The second kappa shape index (κ2) is 7.80. The van der Waals surface area contributed by atoms with Crippen LogP contribution >= 0.6 is 0 Å². The lowest BCUT2D eigenvalue weighted by Gasteiger charge is -2.43. The highest BCUT2D eigenvalue weighted by Crippen LogP contribution is 2.50. The number of methoxy groups -OCH3 is 1. The largest absolute Gasteiger partial charge is 0.497 e. The Hall–Kier alpha value is -3.09. The van der Waals surface area contributed by atoms with E-state index < -0.39 is 29.0 Å². The Bertz CT molecular complexity index is 1120. The lowest BCUT2D eigenvalue weighted by atomic mass is 9.69. The number of alkyl halides is 3. The third-order valence-electron chi connectivity index (χ3n) is 6.09. The molecule has 32 heavy (non-hydrogen) atoms. The minimum absolute atomic E-state index is 0.0929. The number of hydrogen-bond donors (Lipinski definition) is 0. The summed E-state index contributed by atoms with van der Waals surface area (Å²) < 4.78 is 46.6. The molecule has 2 aliphatic rings. The maximum absolute atomic E-state index is 13.8. The van der Waals surface area contributed by atoms with Gasteiger partial charge < -0.3 is 4.74 Å². The Kier molecular flexibility index (Phi) is 5.39. The number of carbonyl (C=O) groups excluding carboxylic acids is 2. The first-order valence-electron chi connectivity index (χ1n) is 10.4. The summed E-state index contributed by atoms with van der Waals surface area (Å²) in [6.07, 6.45) is -4.12. The van der Waals surface area contributed by atoms with Crippen LogP contribution in [-0.2, 0) is 15.8 Å². The van der Waals surface area contributed by atoms with E-state index in [4.69, 9.17) is 4.74 Å². The summed E-state index contributed by atoms with van der Waals surface area (Å²) in [5.41, 5.74) is -0.0659. The zero-order valence-electron chi connectivity index (χ0n) is 18.1. The van der Waals surface area contributed by atoms with Gasteiger partial charge in [-0.1, -0.05) is 38.1 Å². The van der Waals surface area contributed by atoms with Crippen LogP contribution in [0.25, 0.3) is 0 Å². The van der Waals surface area contributed by atoms with Crippen molar-refractivity contribution in [2.75, 3.05) is 12.0 Å². The monoisotopic (exact) mass is 443 g/mol. The van der Waals surface area contributed by atoms with Gasteiger partial charge in [0.15, 0.2) is 5.78 Å². The number of hydrogen-bond acceptors (Lipinski definition) is 3. The predicted molar refractivity (Wildman–Crippen MR) is 114 cm³/mol. The molecule has 1 heterocycles. The zero-order valence-corrected chi connectivity index (χ0v) is 18.1. The van der Waals surface area contributed by atoms with Gasteiger partial charge in [0.25, 0.3) is 0 Å². The first-order chi connectivity index (χ1) is 15.0. The Balaban J connectivity index is 1.94. The SMILES string of the molecule is COc1cccc(C2CC(=O)N(c3ccccc3C(F)(F)F)C3=C2C(=O)CC(C)(C)C3)c1. The number of ether oxygens (including phenoxy) is 1. The molecule has 2 aromatic carbocycles. The first kappa shape index (κ1) is 22.1. The van der Waals surface area contributed by atoms with E-state index in [1.807, 2.05) is 19.9 Å². The minimum Gasteiger partial charge on any atom is -0.497 e. The van der Waals surface area contributed by atoms with Crippen LogP contribution in [0, 0.1) is 5.41 Å². The minimum atomic E-state index is -4.63. The predicted octanol–water partition coefficient (Wildman–Crippen LogP) is 5.88. The third-order valence-corrected chi connectivity index (χ3v) is 6.09. The van der Waals surface area contributed by atoms with Crippen molar-refractivity contribution in [3.63, 3.8) is 0 Å². The van der Waals surface area contributed by atoms with Crippen molar-refractivity contribution < 1.29 is 27.5 Å².